The molecule has 0 spiro atoms. The van der Waals surface area contributed by atoms with E-state index in [4.69, 9.17) is 0 Å². The van der Waals surface area contributed by atoms with Crippen LogP contribution in [0.3, 0.4) is 0 Å². The highest BCUT2D eigenvalue weighted by atomic mass is 14.8. The molecule has 1 heteroatoms. The number of rotatable bonds is 3. The van der Waals surface area contributed by atoms with Gasteiger partial charge in [-0.1, -0.05) is 35.9 Å². The molecule has 0 aromatic heterocycles. The molecule has 1 aromatic carbocycles. The van der Waals surface area contributed by atoms with Gasteiger partial charge in [0.25, 0.3) is 0 Å². The van der Waals surface area contributed by atoms with Gasteiger partial charge in [-0.25, -0.2) is 0 Å². The fourth-order valence-electron chi connectivity index (χ4n) is 2.04. The number of aliphatic imine (C=N–C) groups is 1. The lowest BCUT2D eigenvalue weighted by Crippen LogP contribution is -2.05. The van der Waals surface area contributed by atoms with Crippen molar-refractivity contribution in [2.75, 3.05) is 0 Å². The number of nitrogens with zero attached hydrogens (tertiary/aromatic N) is 1. The first-order valence-electron chi connectivity index (χ1n) is 6.07. The van der Waals surface area contributed by atoms with Gasteiger partial charge in [-0.2, -0.15) is 0 Å². The summed E-state index contributed by atoms with van der Waals surface area (Å²) in [4.78, 5) is 4.59. The van der Waals surface area contributed by atoms with Crippen LogP contribution in [0.5, 0.6) is 0 Å². The van der Waals surface area contributed by atoms with Crippen LogP contribution in [-0.4, -0.2) is 12.3 Å². The van der Waals surface area contributed by atoms with E-state index in [0.29, 0.717) is 6.04 Å². The van der Waals surface area contributed by atoms with Crippen LogP contribution in [0.15, 0.2) is 47.0 Å². The van der Waals surface area contributed by atoms with Crippen LogP contribution in [-0.2, 0) is 6.42 Å². The summed E-state index contributed by atoms with van der Waals surface area (Å²) in [6, 6.07) is 11.2. The maximum absolute atomic E-state index is 4.59. The molecular formula is C15H19N. The predicted octanol–water partition coefficient (Wildman–Crippen LogP) is 3.80. The standard InChI is InChI=1S/C15H19N/c1-13-7-9-15(16-12-11-13)10-8-14-5-3-2-4-6-14/h2-6,11-12,15H,7-10H2,1H3. The van der Waals surface area contributed by atoms with Crippen LogP contribution in [0.25, 0.3) is 0 Å². The van der Waals surface area contributed by atoms with E-state index < -0.39 is 0 Å². The molecule has 1 atom stereocenters. The van der Waals surface area contributed by atoms with Gasteiger partial charge in [-0.05, 0) is 44.2 Å². The lowest BCUT2D eigenvalue weighted by atomic mass is 10.0. The van der Waals surface area contributed by atoms with Crippen LogP contribution in [0.1, 0.15) is 31.7 Å². The Labute approximate surface area is 97.9 Å². The average Bonchev–Trinajstić information content (AvgIpc) is 2.53. The van der Waals surface area contributed by atoms with Crippen molar-refractivity contribution in [1.29, 1.82) is 0 Å². The van der Waals surface area contributed by atoms with Gasteiger partial charge >= 0.3 is 0 Å². The highest BCUT2D eigenvalue weighted by molar-refractivity contribution is 5.72. The Morgan fingerprint density at radius 3 is 2.88 bits per heavy atom. The van der Waals surface area contributed by atoms with Crippen molar-refractivity contribution in [3.05, 3.63) is 47.5 Å². The zero-order valence-corrected chi connectivity index (χ0v) is 9.89. The first-order chi connectivity index (χ1) is 7.84. The quantitative estimate of drug-likeness (QED) is 0.724. The smallest absolute Gasteiger partial charge is 0.0505 e. The van der Waals surface area contributed by atoms with E-state index in [1.165, 1.54) is 30.4 Å². The first kappa shape index (κ1) is 11.1. The van der Waals surface area contributed by atoms with Crippen LogP contribution < -0.4 is 0 Å². The van der Waals surface area contributed by atoms with Crippen LogP contribution >= 0.6 is 0 Å². The highest BCUT2D eigenvalue weighted by Crippen LogP contribution is 2.16. The third-order valence-electron chi connectivity index (χ3n) is 3.14. The fourth-order valence-corrected chi connectivity index (χ4v) is 2.04. The van der Waals surface area contributed by atoms with Gasteiger partial charge < -0.3 is 0 Å². The molecule has 0 aliphatic carbocycles. The zero-order chi connectivity index (χ0) is 11.2. The summed E-state index contributed by atoms with van der Waals surface area (Å²) in [6.45, 7) is 2.19. The summed E-state index contributed by atoms with van der Waals surface area (Å²) >= 11 is 0. The van der Waals surface area contributed by atoms with E-state index >= 15 is 0 Å². The number of aryl methyl sites for hydroxylation is 1. The molecule has 0 fully saturated rings. The minimum atomic E-state index is 0.508. The van der Waals surface area contributed by atoms with Gasteiger partial charge in [0.1, 0.15) is 0 Å². The van der Waals surface area contributed by atoms with Crippen molar-refractivity contribution in [3.8, 4) is 0 Å². The molecule has 0 amide bonds. The molecule has 1 heterocycles. The van der Waals surface area contributed by atoms with E-state index in [2.05, 4.69) is 48.3 Å². The molecule has 2 rings (SSSR count). The van der Waals surface area contributed by atoms with E-state index in [-0.39, 0.29) is 0 Å². The Morgan fingerprint density at radius 1 is 1.25 bits per heavy atom. The van der Waals surface area contributed by atoms with Crippen LogP contribution in [0.2, 0.25) is 0 Å². The summed E-state index contributed by atoms with van der Waals surface area (Å²) in [5.41, 5.74) is 2.87. The molecule has 1 aliphatic heterocycles. The van der Waals surface area contributed by atoms with Gasteiger partial charge in [0, 0.05) is 6.21 Å². The second-order valence-corrected chi connectivity index (χ2v) is 4.53. The largest absolute Gasteiger partial charge is 0.290 e. The van der Waals surface area contributed by atoms with Gasteiger partial charge in [-0.3, -0.25) is 4.99 Å². The topological polar surface area (TPSA) is 12.4 Å². The average molecular weight is 213 g/mol. The minimum Gasteiger partial charge on any atom is -0.290 e. The first-order valence-corrected chi connectivity index (χ1v) is 6.07. The van der Waals surface area contributed by atoms with E-state index in [1.54, 1.807) is 0 Å². The molecule has 0 radical (unpaired) electrons. The predicted molar refractivity (Wildman–Crippen MR) is 70.0 cm³/mol. The van der Waals surface area contributed by atoms with Gasteiger partial charge in [-0.15, -0.1) is 0 Å². The normalized spacial score (nSPS) is 20.3. The molecule has 0 bridgehead atoms. The summed E-state index contributed by atoms with van der Waals surface area (Å²) in [5, 5.41) is 0. The maximum Gasteiger partial charge on any atom is 0.0505 e. The van der Waals surface area contributed by atoms with Gasteiger partial charge in [0.2, 0.25) is 0 Å². The molecule has 16 heavy (non-hydrogen) atoms. The Kier molecular flexibility index (Phi) is 3.92. The third kappa shape index (κ3) is 3.34. The minimum absolute atomic E-state index is 0.508. The monoisotopic (exact) mass is 213 g/mol. The van der Waals surface area contributed by atoms with Crippen LogP contribution in [0.4, 0.5) is 0 Å². The van der Waals surface area contributed by atoms with Gasteiger partial charge in [0.05, 0.1) is 6.04 Å². The summed E-state index contributed by atoms with van der Waals surface area (Å²) in [6.07, 6.45) is 8.83. The maximum atomic E-state index is 4.59. The Bertz CT molecular complexity index is 376. The molecular weight excluding hydrogens is 194 g/mol. The van der Waals surface area contributed by atoms with Crippen molar-refractivity contribution in [3.63, 3.8) is 0 Å². The molecule has 0 N–H and O–H groups in total. The Hall–Kier alpha value is -1.37. The molecule has 1 aliphatic rings. The summed E-state index contributed by atoms with van der Waals surface area (Å²) < 4.78 is 0. The highest BCUT2D eigenvalue weighted by Gasteiger charge is 2.08. The molecule has 1 nitrogen and oxygen atoms in total. The molecule has 0 saturated heterocycles. The van der Waals surface area contributed by atoms with E-state index in [0.717, 1.165) is 6.42 Å². The molecule has 1 unspecified atom stereocenters. The van der Waals surface area contributed by atoms with Crippen molar-refractivity contribution < 1.29 is 0 Å². The molecule has 0 saturated carbocycles. The number of hydrogen-bond donors (Lipinski definition) is 0. The Morgan fingerprint density at radius 2 is 2.06 bits per heavy atom. The molecule has 84 valence electrons. The van der Waals surface area contributed by atoms with Crippen molar-refractivity contribution in [2.45, 2.75) is 38.6 Å². The van der Waals surface area contributed by atoms with Crippen molar-refractivity contribution in [1.82, 2.24) is 0 Å². The second kappa shape index (κ2) is 5.64. The SMILES string of the molecule is CC1=CC=NC(CCc2ccccc2)CC1. The summed E-state index contributed by atoms with van der Waals surface area (Å²) in [7, 11) is 0. The Balaban J connectivity index is 1.83. The number of allylic oxidation sites excluding steroid dienone is 2. The van der Waals surface area contributed by atoms with Gasteiger partial charge in [0.15, 0.2) is 0 Å². The van der Waals surface area contributed by atoms with E-state index in [1.807, 2.05) is 6.21 Å². The van der Waals surface area contributed by atoms with Crippen LogP contribution in [0, 0.1) is 0 Å². The lowest BCUT2D eigenvalue weighted by molar-refractivity contribution is 0.575. The molecule has 1 aromatic rings. The second-order valence-electron chi connectivity index (χ2n) is 4.53. The lowest BCUT2D eigenvalue weighted by Gasteiger charge is -2.10. The van der Waals surface area contributed by atoms with Crippen molar-refractivity contribution in [2.24, 2.45) is 4.99 Å². The third-order valence-corrected chi connectivity index (χ3v) is 3.14. The number of benzene rings is 1. The summed E-state index contributed by atoms with van der Waals surface area (Å²) in [5.74, 6) is 0. The fraction of sp³-hybridized carbons (Fsp3) is 0.400. The van der Waals surface area contributed by atoms with E-state index in [9.17, 15) is 0 Å². The number of hydrogen-bond acceptors (Lipinski definition) is 1. The zero-order valence-electron chi connectivity index (χ0n) is 9.89. The van der Waals surface area contributed by atoms with Crippen molar-refractivity contribution >= 4 is 6.21 Å².